The highest BCUT2D eigenvalue weighted by Crippen LogP contribution is 2.19. The Labute approximate surface area is 243 Å². The van der Waals surface area contributed by atoms with Crippen molar-refractivity contribution in [2.75, 3.05) is 26.2 Å². The first-order valence-corrected chi connectivity index (χ1v) is 14.1. The summed E-state index contributed by atoms with van der Waals surface area (Å²) < 4.78 is 13.6. The van der Waals surface area contributed by atoms with Crippen molar-refractivity contribution in [1.29, 1.82) is 0 Å². The molecule has 0 bridgehead atoms. The van der Waals surface area contributed by atoms with Crippen molar-refractivity contribution in [1.82, 2.24) is 31.5 Å². The average Bonchev–Trinajstić information content (AvgIpc) is 3.35. The zero-order valence-electron chi connectivity index (χ0n) is 23.8. The van der Waals surface area contributed by atoms with Crippen LogP contribution in [0.25, 0.3) is 0 Å². The standard InChI is InChI=1S/C28H39FN6O7/c1-16(2)25-28(42)33-21(15-36)27(41)32-20(17-5-7-18(29)8-6-17)14-23(38)31-19(9-10-22(37)34-25)26(40)30-11-13-35-12-3-4-24(35)39/h5-8,16,19-21,25,36H,3-4,9-15H2,1-2H3,(H,30,40)(H,31,38)(H,32,41)(H,33,42)(H,34,37)/t19-,20+,21-,25+/m0/s1. The van der Waals surface area contributed by atoms with Crippen molar-refractivity contribution in [2.24, 2.45) is 5.92 Å². The molecular formula is C28H39FN6O7. The predicted molar refractivity (Wildman–Crippen MR) is 148 cm³/mol. The second-order valence-electron chi connectivity index (χ2n) is 10.8. The number of nitrogens with zero attached hydrogens (tertiary/aromatic N) is 1. The van der Waals surface area contributed by atoms with Gasteiger partial charge in [0, 0.05) is 32.5 Å². The van der Waals surface area contributed by atoms with Crippen LogP contribution in [0.4, 0.5) is 4.39 Å². The molecule has 230 valence electrons. The molecule has 1 aromatic rings. The van der Waals surface area contributed by atoms with Crippen molar-refractivity contribution in [3.8, 4) is 0 Å². The number of likely N-dealkylation sites (tertiary alicyclic amines) is 1. The molecule has 1 aromatic carbocycles. The minimum absolute atomic E-state index is 0.00388. The molecule has 0 spiro atoms. The molecule has 2 saturated heterocycles. The number of aliphatic hydroxyl groups is 1. The van der Waals surface area contributed by atoms with Gasteiger partial charge in [0.2, 0.25) is 35.4 Å². The smallest absolute Gasteiger partial charge is 0.245 e. The Morgan fingerprint density at radius 1 is 1.00 bits per heavy atom. The maximum absolute atomic E-state index is 13.6. The zero-order chi connectivity index (χ0) is 30.8. The van der Waals surface area contributed by atoms with Crippen molar-refractivity contribution < 1.29 is 38.3 Å². The molecule has 2 aliphatic heterocycles. The normalized spacial score (nSPS) is 24.7. The quantitative estimate of drug-likeness (QED) is 0.235. The van der Waals surface area contributed by atoms with Crippen molar-refractivity contribution in [3.63, 3.8) is 0 Å². The lowest BCUT2D eigenvalue weighted by Crippen LogP contribution is -2.56. The molecule has 0 unspecified atom stereocenters. The number of benzene rings is 1. The van der Waals surface area contributed by atoms with Gasteiger partial charge in [-0.2, -0.15) is 0 Å². The lowest BCUT2D eigenvalue weighted by Gasteiger charge is -2.26. The molecule has 0 radical (unpaired) electrons. The number of hydrogen-bond acceptors (Lipinski definition) is 7. The lowest BCUT2D eigenvalue weighted by atomic mass is 10.0. The van der Waals surface area contributed by atoms with Crippen molar-refractivity contribution in [3.05, 3.63) is 35.6 Å². The number of amides is 6. The van der Waals surface area contributed by atoms with Gasteiger partial charge in [0.25, 0.3) is 0 Å². The number of halogens is 1. The summed E-state index contributed by atoms with van der Waals surface area (Å²) in [6.07, 6.45) is 0.547. The van der Waals surface area contributed by atoms with Crippen LogP contribution in [0.3, 0.4) is 0 Å². The summed E-state index contributed by atoms with van der Waals surface area (Å²) in [5, 5.41) is 22.8. The summed E-state index contributed by atoms with van der Waals surface area (Å²) in [6.45, 7) is 3.69. The van der Waals surface area contributed by atoms with Gasteiger partial charge in [-0.15, -0.1) is 0 Å². The summed E-state index contributed by atoms with van der Waals surface area (Å²) in [4.78, 5) is 78.6. The highest BCUT2D eigenvalue weighted by atomic mass is 19.1. The Morgan fingerprint density at radius 3 is 2.33 bits per heavy atom. The number of rotatable bonds is 7. The van der Waals surface area contributed by atoms with Gasteiger partial charge in [-0.3, -0.25) is 28.8 Å². The lowest BCUT2D eigenvalue weighted by molar-refractivity contribution is -0.134. The van der Waals surface area contributed by atoms with E-state index < -0.39 is 66.1 Å². The molecule has 14 heteroatoms. The van der Waals surface area contributed by atoms with Gasteiger partial charge in [-0.25, -0.2) is 4.39 Å². The molecule has 0 aliphatic carbocycles. The molecule has 2 aliphatic rings. The van der Waals surface area contributed by atoms with Crippen molar-refractivity contribution >= 4 is 35.4 Å². The fraction of sp³-hybridized carbons (Fsp3) is 0.571. The van der Waals surface area contributed by atoms with Crippen LogP contribution in [0.15, 0.2) is 24.3 Å². The van der Waals surface area contributed by atoms with Crippen LogP contribution in [0, 0.1) is 11.7 Å². The predicted octanol–water partition coefficient (Wildman–Crippen LogP) is -0.992. The molecule has 2 fully saturated rings. The van der Waals surface area contributed by atoms with Crippen LogP contribution in [-0.4, -0.2) is 89.8 Å². The highest BCUT2D eigenvalue weighted by molar-refractivity contribution is 5.93. The number of aliphatic hydroxyl groups excluding tert-OH is 1. The fourth-order valence-electron chi connectivity index (χ4n) is 4.82. The van der Waals surface area contributed by atoms with Crippen LogP contribution in [-0.2, 0) is 28.8 Å². The Morgan fingerprint density at radius 2 is 1.71 bits per heavy atom. The Hall–Kier alpha value is -4.07. The van der Waals surface area contributed by atoms with E-state index in [-0.39, 0.29) is 37.6 Å². The number of carbonyl (C=O) groups excluding carboxylic acids is 6. The van der Waals surface area contributed by atoms with Crippen molar-refractivity contribution in [2.45, 2.75) is 70.1 Å². The van der Waals surface area contributed by atoms with Crippen LogP contribution in [0.2, 0.25) is 0 Å². The SMILES string of the molecule is CC(C)[C@H]1NC(=O)CC[C@@H](C(=O)NCCN2CCCC2=O)NC(=O)C[C@H](c2ccc(F)cc2)NC(=O)[C@H](CO)NC1=O. The second kappa shape index (κ2) is 15.2. The van der Waals surface area contributed by atoms with E-state index in [0.29, 0.717) is 25.1 Å². The number of hydrogen-bond donors (Lipinski definition) is 6. The van der Waals surface area contributed by atoms with Gasteiger partial charge in [0.05, 0.1) is 19.1 Å². The van der Waals surface area contributed by atoms with E-state index >= 15 is 0 Å². The molecule has 2 heterocycles. The Kier molecular flexibility index (Phi) is 11.8. The summed E-state index contributed by atoms with van der Waals surface area (Å²) in [5.41, 5.74) is 0.375. The van der Waals surface area contributed by atoms with Crippen LogP contribution in [0.5, 0.6) is 0 Å². The van der Waals surface area contributed by atoms with Crippen LogP contribution in [0.1, 0.15) is 57.6 Å². The third-order valence-electron chi connectivity index (χ3n) is 7.22. The Bertz CT molecular complexity index is 1160. The third kappa shape index (κ3) is 9.23. The largest absolute Gasteiger partial charge is 0.394 e. The maximum atomic E-state index is 13.6. The monoisotopic (exact) mass is 590 g/mol. The van der Waals surface area contributed by atoms with Gasteiger partial charge in [-0.1, -0.05) is 26.0 Å². The van der Waals surface area contributed by atoms with Gasteiger partial charge < -0.3 is 36.6 Å². The molecule has 0 aromatic heterocycles. The van der Waals surface area contributed by atoms with E-state index in [4.69, 9.17) is 0 Å². The van der Waals surface area contributed by atoms with E-state index in [9.17, 15) is 38.3 Å². The van der Waals surface area contributed by atoms with E-state index in [2.05, 4.69) is 26.6 Å². The molecular weight excluding hydrogens is 551 g/mol. The highest BCUT2D eigenvalue weighted by Gasteiger charge is 2.32. The summed E-state index contributed by atoms with van der Waals surface area (Å²) in [6, 6.07) is 0.511. The van der Waals surface area contributed by atoms with E-state index in [0.717, 1.165) is 18.6 Å². The maximum Gasteiger partial charge on any atom is 0.245 e. The number of nitrogens with one attached hydrogen (secondary N) is 5. The summed E-state index contributed by atoms with van der Waals surface area (Å²) >= 11 is 0. The topological polar surface area (TPSA) is 186 Å². The molecule has 4 atom stereocenters. The summed E-state index contributed by atoms with van der Waals surface area (Å²) in [5.74, 6) is -4.16. The van der Waals surface area contributed by atoms with Crippen LogP contribution >= 0.6 is 0 Å². The first-order valence-electron chi connectivity index (χ1n) is 14.1. The van der Waals surface area contributed by atoms with Gasteiger partial charge >= 0.3 is 0 Å². The fourth-order valence-corrected chi connectivity index (χ4v) is 4.82. The molecule has 6 amide bonds. The van der Waals surface area contributed by atoms with E-state index in [1.807, 2.05) is 0 Å². The average molecular weight is 591 g/mol. The molecule has 42 heavy (non-hydrogen) atoms. The zero-order valence-corrected chi connectivity index (χ0v) is 23.8. The van der Waals surface area contributed by atoms with E-state index in [1.165, 1.54) is 12.1 Å². The minimum Gasteiger partial charge on any atom is -0.394 e. The second-order valence-corrected chi connectivity index (χ2v) is 10.8. The first-order chi connectivity index (χ1) is 20.0. The van der Waals surface area contributed by atoms with Gasteiger partial charge in [0.15, 0.2) is 0 Å². The minimum atomic E-state index is -1.40. The third-order valence-corrected chi connectivity index (χ3v) is 7.22. The van der Waals surface area contributed by atoms with E-state index in [1.54, 1.807) is 18.7 Å². The Balaban J connectivity index is 1.84. The first kappa shape index (κ1) is 32.4. The molecule has 13 nitrogen and oxygen atoms in total. The summed E-state index contributed by atoms with van der Waals surface area (Å²) in [7, 11) is 0. The molecule has 3 rings (SSSR count). The number of carbonyl (C=O) groups is 6. The molecule has 0 saturated carbocycles. The van der Waals surface area contributed by atoms with Gasteiger partial charge in [0.1, 0.15) is 23.9 Å². The van der Waals surface area contributed by atoms with Gasteiger partial charge in [-0.05, 0) is 36.5 Å². The van der Waals surface area contributed by atoms with Crippen LogP contribution < -0.4 is 26.6 Å². The molecule has 6 N–H and O–H groups in total.